The van der Waals surface area contributed by atoms with Crippen molar-refractivity contribution < 1.29 is 19.0 Å². The van der Waals surface area contributed by atoms with Gasteiger partial charge in [0, 0.05) is 29.5 Å². The molecule has 0 saturated heterocycles. The average molecular weight is 692 g/mol. The summed E-state index contributed by atoms with van der Waals surface area (Å²) in [6, 6.07) is 33.0. The van der Waals surface area contributed by atoms with Crippen LogP contribution in [0.4, 0.5) is 5.69 Å². The minimum atomic E-state index is -2.79. The van der Waals surface area contributed by atoms with E-state index in [0.717, 1.165) is 16.8 Å². The van der Waals surface area contributed by atoms with E-state index in [2.05, 4.69) is 92.8 Å². The fraction of sp³-hybridized carbons (Fsp3) is 0.324. The number of hydrogen-bond acceptors (Lipinski definition) is 6. The molecule has 1 heterocycles. The smallest absolute Gasteiger partial charge is 0.261 e. The van der Waals surface area contributed by atoms with Crippen LogP contribution in [0.3, 0.4) is 0 Å². The molecule has 0 spiro atoms. The van der Waals surface area contributed by atoms with Crippen molar-refractivity contribution in [1.82, 2.24) is 0 Å². The van der Waals surface area contributed by atoms with Crippen molar-refractivity contribution in [3.8, 4) is 11.5 Å². The summed E-state index contributed by atoms with van der Waals surface area (Å²) in [7, 11) is 0.504. The Morgan fingerprint density at radius 1 is 0.870 bits per heavy atom. The number of aliphatic hydroxyl groups is 1. The Hall–Kier alpha value is -2.85. The van der Waals surface area contributed by atoms with Gasteiger partial charge in [0.05, 0.1) is 29.2 Å². The topological polar surface area (TPSA) is 60.0 Å². The molecule has 0 amide bonds. The van der Waals surface area contributed by atoms with Gasteiger partial charge in [-0.2, -0.15) is 0 Å². The predicted octanol–water partition coefficient (Wildman–Crippen LogP) is 8.02. The maximum atomic E-state index is 10.5. The quantitative estimate of drug-likeness (QED) is 0.122. The number of halogens is 1. The molecule has 46 heavy (non-hydrogen) atoms. The van der Waals surface area contributed by atoms with Crippen molar-refractivity contribution in [3.63, 3.8) is 0 Å². The standard InChI is InChI=1S/C37H42ClNO4S2Si/c1-36(2,3)46(27-13-8-6-9-14-27,28-15-10-7-11-16-28)43-24-22-37(21-23-40)35(44)39-31-20-19-26(38)25-30(31)34(45-37)29-17-12-18-32(41-4)33(29)42-5/h6-20,25,34,40H,21-24H2,1-5H3,(H,39,44)/t34-,37-/m0/s1. The van der Waals surface area contributed by atoms with E-state index < -0.39 is 13.1 Å². The van der Waals surface area contributed by atoms with Gasteiger partial charge in [-0.15, -0.1) is 11.8 Å². The molecule has 242 valence electrons. The summed E-state index contributed by atoms with van der Waals surface area (Å²) < 4.78 is 18.3. The Morgan fingerprint density at radius 3 is 2.09 bits per heavy atom. The molecule has 0 saturated carbocycles. The van der Waals surface area contributed by atoms with Crippen LogP contribution in [0.1, 0.15) is 50.0 Å². The zero-order chi connectivity index (χ0) is 33.0. The largest absolute Gasteiger partial charge is 0.493 e. The first-order valence-electron chi connectivity index (χ1n) is 15.5. The molecule has 0 radical (unpaired) electrons. The van der Waals surface area contributed by atoms with Gasteiger partial charge in [-0.1, -0.05) is 117 Å². The van der Waals surface area contributed by atoms with Gasteiger partial charge in [0.1, 0.15) is 0 Å². The summed E-state index contributed by atoms with van der Waals surface area (Å²) in [6.07, 6.45) is 1.02. The highest BCUT2D eigenvalue weighted by molar-refractivity contribution is 8.03. The number of aliphatic hydroxyl groups excluding tert-OH is 1. The highest BCUT2D eigenvalue weighted by Gasteiger charge is 2.51. The third-order valence-corrected chi connectivity index (χ3v) is 16.5. The van der Waals surface area contributed by atoms with Gasteiger partial charge in [0.15, 0.2) is 11.5 Å². The van der Waals surface area contributed by atoms with Crippen molar-refractivity contribution in [2.45, 2.75) is 48.6 Å². The lowest BCUT2D eigenvalue weighted by Crippen LogP contribution is -2.66. The van der Waals surface area contributed by atoms with Crippen LogP contribution in [0.25, 0.3) is 0 Å². The van der Waals surface area contributed by atoms with Crippen molar-refractivity contribution in [1.29, 1.82) is 0 Å². The number of hydrogen-bond donors (Lipinski definition) is 2. The van der Waals surface area contributed by atoms with E-state index in [1.54, 1.807) is 26.0 Å². The number of thiocarbonyl (C=S) groups is 1. The number of fused-ring (bicyclic) bond motifs is 1. The monoisotopic (exact) mass is 691 g/mol. The predicted molar refractivity (Wildman–Crippen MR) is 199 cm³/mol. The lowest BCUT2D eigenvalue weighted by atomic mass is 9.99. The number of nitrogens with one attached hydrogen (secondary N) is 1. The fourth-order valence-corrected chi connectivity index (χ4v) is 13.4. The van der Waals surface area contributed by atoms with Gasteiger partial charge in [-0.05, 0) is 58.1 Å². The molecule has 5 nitrogen and oxygen atoms in total. The van der Waals surface area contributed by atoms with Crippen LogP contribution in [0.5, 0.6) is 11.5 Å². The van der Waals surface area contributed by atoms with Gasteiger partial charge in [-0.3, -0.25) is 0 Å². The average Bonchev–Trinajstić information content (AvgIpc) is 3.17. The maximum Gasteiger partial charge on any atom is 0.261 e. The van der Waals surface area contributed by atoms with E-state index in [1.807, 2.05) is 30.3 Å². The van der Waals surface area contributed by atoms with Crippen molar-refractivity contribution in [2.24, 2.45) is 0 Å². The number of anilines is 1. The summed E-state index contributed by atoms with van der Waals surface area (Å²) in [5.74, 6) is 1.30. The maximum absolute atomic E-state index is 10.5. The van der Waals surface area contributed by atoms with E-state index >= 15 is 0 Å². The summed E-state index contributed by atoms with van der Waals surface area (Å²) in [5, 5.41) is 16.8. The van der Waals surface area contributed by atoms with Crippen LogP contribution < -0.4 is 25.2 Å². The van der Waals surface area contributed by atoms with Gasteiger partial charge in [0.2, 0.25) is 0 Å². The van der Waals surface area contributed by atoms with E-state index in [4.69, 9.17) is 37.7 Å². The molecular formula is C37H42ClNO4S2Si. The lowest BCUT2D eigenvalue weighted by Gasteiger charge is -2.44. The van der Waals surface area contributed by atoms with E-state index in [0.29, 0.717) is 41.0 Å². The summed E-state index contributed by atoms with van der Waals surface area (Å²) in [6.45, 7) is 7.25. The Morgan fingerprint density at radius 2 is 1.52 bits per heavy atom. The molecule has 2 N–H and O–H groups in total. The van der Waals surface area contributed by atoms with Crippen LogP contribution in [0.2, 0.25) is 10.1 Å². The van der Waals surface area contributed by atoms with E-state index in [1.165, 1.54) is 10.4 Å². The van der Waals surface area contributed by atoms with Gasteiger partial charge >= 0.3 is 0 Å². The molecule has 0 bridgehead atoms. The first-order chi connectivity index (χ1) is 22.1. The highest BCUT2D eigenvalue weighted by atomic mass is 35.5. The number of rotatable bonds is 11. The molecule has 0 fully saturated rings. The Kier molecular flexibility index (Phi) is 10.9. The zero-order valence-electron chi connectivity index (χ0n) is 27.0. The van der Waals surface area contributed by atoms with Crippen LogP contribution in [0, 0.1) is 0 Å². The summed E-state index contributed by atoms with van der Waals surface area (Å²) in [5.41, 5.74) is 2.81. The van der Waals surface area contributed by atoms with Gasteiger partial charge in [0.25, 0.3) is 8.32 Å². The number of benzene rings is 4. The fourth-order valence-electron chi connectivity index (χ4n) is 6.57. The second kappa shape index (κ2) is 14.5. The van der Waals surface area contributed by atoms with Gasteiger partial charge < -0.3 is 24.3 Å². The minimum absolute atomic E-state index is 0.0346. The lowest BCUT2D eigenvalue weighted by molar-refractivity contribution is 0.252. The molecule has 0 unspecified atom stereocenters. The molecule has 9 heteroatoms. The molecular weight excluding hydrogens is 650 g/mol. The van der Waals surface area contributed by atoms with Gasteiger partial charge in [-0.25, -0.2) is 0 Å². The number of para-hydroxylation sites is 1. The first kappa shape index (κ1) is 34.5. The minimum Gasteiger partial charge on any atom is -0.493 e. The van der Waals surface area contributed by atoms with E-state index in [-0.39, 0.29) is 16.9 Å². The Bertz CT molecular complexity index is 1610. The van der Waals surface area contributed by atoms with Crippen LogP contribution >= 0.6 is 35.6 Å². The molecule has 4 aromatic rings. The number of thioether (sulfide) groups is 1. The summed E-state index contributed by atoms with van der Waals surface area (Å²) >= 11 is 14.5. The molecule has 5 rings (SSSR count). The second-order valence-electron chi connectivity index (χ2n) is 12.5. The third-order valence-electron chi connectivity index (χ3n) is 8.77. The molecule has 4 aromatic carbocycles. The molecule has 0 aromatic heterocycles. The van der Waals surface area contributed by atoms with Crippen LogP contribution in [-0.4, -0.2) is 50.6 Å². The van der Waals surface area contributed by atoms with Crippen LogP contribution in [0.15, 0.2) is 97.1 Å². The normalized spacial score (nSPS) is 18.3. The molecule has 0 aliphatic carbocycles. The molecule has 1 aliphatic rings. The van der Waals surface area contributed by atoms with Crippen LogP contribution in [-0.2, 0) is 4.43 Å². The second-order valence-corrected chi connectivity index (χ2v) is 19.1. The number of ether oxygens (including phenoxy) is 2. The Balaban J connectivity index is 1.60. The zero-order valence-corrected chi connectivity index (χ0v) is 30.4. The highest BCUT2D eigenvalue weighted by Crippen LogP contribution is 2.55. The van der Waals surface area contributed by atoms with E-state index in [9.17, 15) is 5.11 Å². The summed E-state index contributed by atoms with van der Waals surface area (Å²) in [4.78, 5) is 0.658. The Labute approximate surface area is 288 Å². The van der Waals surface area contributed by atoms with Crippen molar-refractivity contribution >= 4 is 64.9 Å². The number of methoxy groups -OCH3 is 2. The SMILES string of the molecule is COc1cccc([C@@H]2S[C@@](CCO)(CCO[Si](c3ccccc3)(c3ccccc3)C(C)(C)C)C(=S)Nc3ccc(Cl)cc32)c1OC. The van der Waals surface area contributed by atoms with Crippen molar-refractivity contribution in [2.75, 3.05) is 32.8 Å². The first-order valence-corrected chi connectivity index (χ1v) is 19.0. The third kappa shape index (κ3) is 6.61. The molecule has 1 aliphatic heterocycles. The molecule has 2 atom stereocenters. The van der Waals surface area contributed by atoms with Crippen molar-refractivity contribution in [3.05, 3.63) is 113 Å².